The van der Waals surface area contributed by atoms with Crippen LogP contribution in [-0.4, -0.2) is 38.6 Å². The summed E-state index contributed by atoms with van der Waals surface area (Å²) in [6, 6.07) is 16.1. The third kappa shape index (κ3) is 3.80. The van der Waals surface area contributed by atoms with Crippen molar-refractivity contribution in [1.82, 2.24) is 30.3 Å². The van der Waals surface area contributed by atoms with E-state index >= 15 is 0 Å². The molecule has 0 aliphatic heterocycles. The lowest BCUT2D eigenvalue weighted by atomic mass is 10.1. The second kappa shape index (κ2) is 8.08. The first-order chi connectivity index (χ1) is 15.2. The fraction of sp³-hybridized carbons (Fsp3) is 0.174. The van der Waals surface area contributed by atoms with E-state index < -0.39 is 0 Å². The molecule has 8 heteroatoms. The van der Waals surface area contributed by atoms with Crippen LogP contribution >= 0.6 is 0 Å². The lowest BCUT2D eigenvalue weighted by molar-refractivity contribution is 0.414. The fourth-order valence-corrected chi connectivity index (χ4v) is 3.71. The number of pyridine rings is 1. The Hall–Kier alpha value is -3.91. The minimum atomic E-state index is 0.437. The predicted molar refractivity (Wildman–Crippen MR) is 122 cm³/mol. The van der Waals surface area contributed by atoms with Crippen molar-refractivity contribution < 1.29 is 4.74 Å². The van der Waals surface area contributed by atoms with Gasteiger partial charge in [0.05, 0.1) is 24.9 Å². The summed E-state index contributed by atoms with van der Waals surface area (Å²) in [5.74, 6) is 1.30. The van der Waals surface area contributed by atoms with Gasteiger partial charge in [-0.25, -0.2) is 4.98 Å². The average Bonchev–Trinajstić information content (AvgIpc) is 3.48. The Kier molecular flexibility index (Phi) is 4.97. The summed E-state index contributed by atoms with van der Waals surface area (Å²) in [7, 11) is 1.67. The van der Waals surface area contributed by atoms with E-state index in [9.17, 15) is 0 Å². The summed E-state index contributed by atoms with van der Waals surface area (Å²) in [6.07, 6.45) is 3.84. The first-order valence-corrected chi connectivity index (χ1v) is 10.1. The lowest BCUT2D eigenvalue weighted by Gasteiger charge is -2.06. The Morgan fingerprint density at radius 1 is 1.10 bits per heavy atom. The maximum absolute atomic E-state index is 6.22. The Morgan fingerprint density at radius 2 is 1.97 bits per heavy atom. The average molecular weight is 413 g/mol. The highest BCUT2D eigenvalue weighted by Gasteiger charge is 2.12. The number of hydrogen-bond donors (Lipinski definition) is 3. The summed E-state index contributed by atoms with van der Waals surface area (Å²) in [6.45, 7) is 2.30. The van der Waals surface area contributed by atoms with Gasteiger partial charge in [0.15, 0.2) is 5.82 Å². The van der Waals surface area contributed by atoms with Crippen molar-refractivity contribution in [2.45, 2.75) is 13.1 Å². The number of ether oxygens (including phenoxy) is 1. The van der Waals surface area contributed by atoms with Crippen LogP contribution < -0.4 is 15.8 Å². The molecule has 0 aliphatic carbocycles. The maximum atomic E-state index is 6.22. The lowest BCUT2D eigenvalue weighted by Crippen LogP contribution is -2.19. The monoisotopic (exact) mass is 413 g/mol. The van der Waals surface area contributed by atoms with Crippen LogP contribution in [-0.2, 0) is 13.1 Å². The molecule has 0 fully saturated rings. The fourth-order valence-electron chi connectivity index (χ4n) is 3.71. The largest absolute Gasteiger partial charge is 0.497 e. The molecule has 5 rings (SSSR count). The topological polar surface area (TPSA) is 107 Å². The van der Waals surface area contributed by atoms with Crippen molar-refractivity contribution >= 4 is 27.6 Å². The number of anilines is 1. The summed E-state index contributed by atoms with van der Waals surface area (Å²) >= 11 is 0. The van der Waals surface area contributed by atoms with Gasteiger partial charge >= 0.3 is 0 Å². The molecule has 0 spiro atoms. The number of rotatable bonds is 7. The molecule has 0 saturated heterocycles. The quantitative estimate of drug-likeness (QED) is 0.353. The second-order valence-corrected chi connectivity index (χ2v) is 7.37. The highest BCUT2D eigenvalue weighted by molar-refractivity contribution is 6.08. The number of methoxy groups -OCH3 is 1. The third-order valence-electron chi connectivity index (χ3n) is 5.34. The first kappa shape index (κ1) is 19.1. The van der Waals surface area contributed by atoms with Crippen LogP contribution in [0, 0.1) is 0 Å². The number of nitrogen functional groups attached to an aromatic ring is 1. The molecule has 0 radical (unpaired) electrons. The van der Waals surface area contributed by atoms with Crippen LogP contribution in [0.3, 0.4) is 0 Å². The highest BCUT2D eigenvalue weighted by atomic mass is 16.5. The standard InChI is InChI=1S/C23H23N7O/c1-31-17-5-2-15(3-6-17)13-25-10-11-30-14-19-18-7-4-16(20-8-9-26-28-20)12-21(18)27-23(24)22(19)29-30/h2-9,12,14,25H,10-11,13H2,1H3,(H2,24,27)(H,26,28). The van der Waals surface area contributed by atoms with Crippen LogP contribution in [0.25, 0.3) is 33.1 Å². The van der Waals surface area contributed by atoms with E-state index in [0.717, 1.165) is 58.4 Å². The van der Waals surface area contributed by atoms with Gasteiger partial charge in [-0.1, -0.05) is 24.3 Å². The van der Waals surface area contributed by atoms with Crippen LogP contribution in [0.5, 0.6) is 5.75 Å². The molecule has 2 aromatic carbocycles. The van der Waals surface area contributed by atoms with Crippen molar-refractivity contribution in [3.8, 4) is 17.0 Å². The molecular weight excluding hydrogens is 390 g/mol. The van der Waals surface area contributed by atoms with Crippen molar-refractivity contribution in [3.05, 3.63) is 66.5 Å². The van der Waals surface area contributed by atoms with Gasteiger partial charge in [0, 0.05) is 41.8 Å². The molecule has 5 aromatic rings. The molecule has 0 saturated carbocycles. The normalized spacial score (nSPS) is 11.4. The number of aromatic nitrogens is 5. The van der Waals surface area contributed by atoms with E-state index in [1.54, 1.807) is 13.3 Å². The highest BCUT2D eigenvalue weighted by Crippen LogP contribution is 2.29. The number of hydrogen-bond acceptors (Lipinski definition) is 6. The van der Waals surface area contributed by atoms with Crippen LogP contribution in [0.4, 0.5) is 5.82 Å². The Labute approximate surface area is 179 Å². The Bertz CT molecular complexity index is 1320. The van der Waals surface area contributed by atoms with E-state index in [1.165, 1.54) is 5.56 Å². The molecule has 0 amide bonds. The molecule has 4 N–H and O–H groups in total. The molecule has 3 heterocycles. The van der Waals surface area contributed by atoms with E-state index in [2.05, 4.69) is 43.8 Å². The van der Waals surface area contributed by atoms with Crippen LogP contribution in [0.2, 0.25) is 0 Å². The summed E-state index contributed by atoms with van der Waals surface area (Å²) in [5.41, 5.74) is 10.9. The van der Waals surface area contributed by atoms with Gasteiger partial charge in [0.2, 0.25) is 0 Å². The maximum Gasteiger partial charge on any atom is 0.152 e. The molecule has 8 nitrogen and oxygen atoms in total. The number of nitrogens with zero attached hydrogens (tertiary/aromatic N) is 4. The van der Waals surface area contributed by atoms with Gasteiger partial charge in [-0.3, -0.25) is 9.78 Å². The number of fused-ring (bicyclic) bond motifs is 3. The van der Waals surface area contributed by atoms with Crippen molar-refractivity contribution in [1.29, 1.82) is 0 Å². The van der Waals surface area contributed by atoms with Gasteiger partial charge in [0.1, 0.15) is 11.3 Å². The minimum Gasteiger partial charge on any atom is -0.497 e. The van der Waals surface area contributed by atoms with E-state index in [-0.39, 0.29) is 0 Å². The minimum absolute atomic E-state index is 0.437. The number of benzene rings is 2. The Balaban J connectivity index is 1.32. The van der Waals surface area contributed by atoms with Gasteiger partial charge in [0.25, 0.3) is 0 Å². The second-order valence-electron chi connectivity index (χ2n) is 7.37. The molecule has 0 unspecified atom stereocenters. The van der Waals surface area contributed by atoms with Gasteiger partial charge < -0.3 is 15.8 Å². The van der Waals surface area contributed by atoms with E-state index in [4.69, 9.17) is 10.5 Å². The third-order valence-corrected chi connectivity index (χ3v) is 5.34. The zero-order chi connectivity index (χ0) is 21.2. The van der Waals surface area contributed by atoms with Gasteiger partial charge in [-0.2, -0.15) is 10.2 Å². The van der Waals surface area contributed by atoms with Crippen LogP contribution in [0.1, 0.15) is 5.56 Å². The van der Waals surface area contributed by atoms with Crippen molar-refractivity contribution in [3.63, 3.8) is 0 Å². The van der Waals surface area contributed by atoms with E-state index in [1.807, 2.05) is 41.2 Å². The molecule has 0 bridgehead atoms. The zero-order valence-corrected chi connectivity index (χ0v) is 17.2. The predicted octanol–water partition coefficient (Wildman–Crippen LogP) is 3.36. The van der Waals surface area contributed by atoms with E-state index in [0.29, 0.717) is 5.82 Å². The molecule has 0 atom stereocenters. The number of nitrogens with two attached hydrogens (primary N) is 1. The zero-order valence-electron chi connectivity index (χ0n) is 17.2. The van der Waals surface area contributed by atoms with Crippen LogP contribution in [0.15, 0.2) is 60.9 Å². The molecule has 0 aliphatic rings. The SMILES string of the molecule is COc1ccc(CNCCn2cc3c(n2)c(N)nc2cc(-c4cc[nH]n4)ccc23)cc1. The van der Waals surface area contributed by atoms with Crippen molar-refractivity contribution in [2.75, 3.05) is 19.4 Å². The van der Waals surface area contributed by atoms with Gasteiger partial charge in [-0.05, 0) is 29.8 Å². The number of H-pyrrole nitrogens is 1. The first-order valence-electron chi connectivity index (χ1n) is 10.1. The van der Waals surface area contributed by atoms with Gasteiger partial charge in [-0.15, -0.1) is 0 Å². The van der Waals surface area contributed by atoms with Crippen molar-refractivity contribution in [2.24, 2.45) is 0 Å². The molecule has 31 heavy (non-hydrogen) atoms. The molecule has 156 valence electrons. The number of aromatic amines is 1. The smallest absolute Gasteiger partial charge is 0.152 e. The summed E-state index contributed by atoms with van der Waals surface area (Å²) < 4.78 is 7.12. The molecule has 3 aromatic heterocycles. The number of nitrogens with one attached hydrogen (secondary N) is 2. The summed E-state index contributed by atoms with van der Waals surface area (Å²) in [5, 5.41) is 17.2. The summed E-state index contributed by atoms with van der Waals surface area (Å²) in [4.78, 5) is 4.58. The molecular formula is C23H23N7O. The Morgan fingerprint density at radius 3 is 2.74 bits per heavy atom.